The summed E-state index contributed by atoms with van der Waals surface area (Å²) in [5.41, 5.74) is 7.69. The molecule has 86 valence electrons. The van der Waals surface area contributed by atoms with E-state index in [9.17, 15) is 4.79 Å². The van der Waals surface area contributed by atoms with E-state index in [-0.39, 0.29) is 0 Å². The molecule has 4 nitrogen and oxygen atoms in total. The van der Waals surface area contributed by atoms with Gasteiger partial charge in [0.25, 0.3) is 0 Å². The predicted molar refractivity (Wildman–Crippen MR) is 61.4 cm³/mol. The summed E-state index contributed by atoms with van der Waals surface area (Å²) < 4.78 is 5.17. The maximum atomic E-state index is 10.4. The number of hydrogen-bond donors (Lipinski definition) is 2. The maximum absolute atomic E-state index is 10.4. The minimum absolute atomic E-state index is 0.481. The van der Waals surface area contributed by atoms with Gasteiger partial charge in [-0.15, -0.1) is 0 Å². The largest absolute Gasteiger partial charge is 0.496 e. The number of methoxy groups -OCH3 is 1. The molecule has 4 heteroatoms. The van der Waals surface area contributed by atoms with E-state index in [0.29, 0.717) is 5.75 Å². The van der Waals surface area contributed by atoms with Gasteiger partial charge in [-0.3, -0.25) is 0 Å². The third kappa shape index (κ3) is 3.10. The van der Waals surface area contributed by atoms with Crippen LogP contribution in [0.3, 0.4) is 0 Å². The number of rotatable bonds is 4. The first kappa shape index (κ1) is 12.3. The Balaban J connectivity index is 3.01. The number of hydrogen-bond acceptors (Lipinski definition) is 3. The lowest BCUT2D eigenvalue weighted by atomic mass is 10.0. The first-order chi connectivity index (χ1) is 7.54. The number of carboxylic acids is 1. The Hall–Kier alpha value is -1.81. The molecule has 1 atom stereocenters. The van der Waals surface area contributed by atoms with Crippen molar-refractivity contribution in [2.24, 2.45) is 5.73 Å². The molecular weight excluding hydrogens is 206 g/mol. The average molecular weight is 221 g/mol. The van der Waals surface area contributed by atoms with Crippen LogP contribution >= 0.6 is 0 Å². The van der Waals surface area contributed by atoms with Crippen LogP contribution in [0.25, 0.3) is 0 Å². The van der Waals surface area contributed by atoms with Gasteiger partial charge in [0.15, 0.2) is 0 Å². The van der Waals surface area contributed by atoms with Gasteiger partial charge in [0, 0.05) is 11.6 Å². The number of carboxylic acid groups (broad SMARTS) is 1. The summed E-state index contributed by atoms with van der Waals surface area (Å²) in [6, 6.07) is 5.14. The van der Waals surface area contributed by atoms with Gasteiger partial charge < -0.3 is 15.6 Å². The smallest absolute Gasteiger partial charge is 0.328 e. The molecule has 0 spiro atoms. The van der Waals surface area contributed by atoms with Crippen molar-refractivity contribution in [3.05, 3.63) is 41.5 Å². The number of nitrogens with two attached hydrogens (primary N) is 1. The Morgan fingerprint density at radius 3 is 2.81 bits per heavy atom. The molecule has 0 saturated carbocycles. The number of ether oxygens (including phenoxy) is 1. The number of carbonyl (C=O) groups is 1. The van der Waals surface area contributed by atoms with E-state index in [1.165, 1.54) is 6.08 Å². The molecule has 0 fully saturated rings. The fraction of sp³-hybridized carbons (Fsp3) is 0.250. The van der Waals surface area contributed by atoms with Gasteiger partial charge in [0.1, 0.15) is 5.75 Å². The first-order valence-corrected chi connectivity index (χ1v) is 4.86. The third-order valence-electron chi connectivity index (χ3n) is 2.19. The Morgan fingerprint density at radius 1 is 1.56 bits per heavy atom. The van der Waals surface area contributed by atoms with Crippen LogP contribution in [0.4, 0.5) is 0 Å². The van der Waals surface area contributed by atoms with Crippen LogP contribution in [0.1, 0.15) is 17.2 Å². The molecule has 0 aliphatic carbocycles. The van der Waals surface area contributed by atoms with Crippen LogP contribution in [-0.4, -0.2) is 18.2 Å². The standard InChI is InChI=1S/C12H15NO3/c1-8-3-5-11(16-2)9(7-8)10(13)4-6-12(14)15/h3-7,10H,13H2,1-2H3,(H,14,15)/b6-4+. The Kier molecular flexibility index (Phi) is 4.08. The molecule has 1 rings (SSSR count). The van der Waals surface area contributed by atoms with Gasteiger partial charge in [0.05, 0.1) is 13.2 Å². The molecular formula is C12H15NO3. The zero-order valence-corrected chi connectivity index (χ0v) is 9.31. The highest BCUT2D eigenvalue weighted by Crippen LogP contribution is 2.25. The normalized spacial score (nSPS) is 12.7. The molecule has 0 aliphatic heterocycles. The summed E-state index contributed by atoms with van der Waals surface area (Å²) >= 11 is 0. The molecule has 0 saturated heterocycles. The SMILES string of the molecule is COc1ccc(C)cc1C(N)/C=C/C(=O)O. The highest BCUT2D eigenvalue weighted by atomic mass is 16.5. The van der Waals surface area contributed by atoms with E-state index >= 15 is 0 Å². The maximum Gasteiger partial charge on any atom is 0.328 e. The van der Waals surface area contributed by atoms with E-state index in [1.807, 2.05) is 25.1 Å². The van der Waals surface area contributed by atoms with Crippen LogP contribution in [0.5, 0.6) is 5.75 Å². The first-order valence-electron chi connectivity index (χ1n) is 4.86. The highest BCUT2D eigenvalue weighted by Gasteiger charge is 2.09. The molecule has 0 heterocycles. The lowest BCUT2D eigenvalue weighted by molar-refractivity contribution is -0.131. The monoisotopic (exact) mass is 221 g/mol. The second kappa shape index (κ2) is 5.32. The minimum atomic E-state index is -1.01. The molecule has 1 aromatic rings. The Bertz CT molecular complexity index is 413. The molecule has 0 aromatic heterocycles. The van der Waals surface area contributed by atoms with Gasteiger partial charge in [-0.25, -0.2) is 4.79 Å². The van der Waals surface area contributed by atoms with Crippen molar-refractivity contribution in [2.75, 3.05) is 7.11 Å². The summed E-state index contributed by atoms with van der Waals surface area (Å²) in [5, 5.41) is 8.52. The van der Waals surface area contributed by atoms with Gasteiger partial charge >= 0.3 is 5.97 Å². The van der Waals surface area contributed by atoms with Gasteiger partial charge in [0.2, 0.25) is 0 Å². The summed E-state index contributed by atoms with van der Waals surface area (Å²) in [7, 11) is 1.56. The summed E-state index contributed by atoms with van der Waals surface area (Å²) in [4.78, 5) is 10.4. The molecule has 1 unspecified atom stereocenters. The van der Waals surface area contributed by atoms with Gasteiger partial charge in [-0.05, 0) is 13.0 Å². The van der Waals surface area contributed by atoms with Crippen molar-refractivity contribution < 1.29 is 14.6 Å². The van der Waals surface area contributed by atoms with Crippen molar-refractivity contribution in [3.8, 4) is 5.75 Å². The number of aliphatic carboxylic acids is 1. The van der Waals surface area contributed by atoms with Crippen molar-refractivity contribution in [2.45, 2.75) is 13.0 Å². The van der Waals surface area contributed by atoms with Crippen LogP contribution < -0.4 is 10.5 Å². The molecule has 0 radical (unpaired) electrons. The molecule has 0 amide bonds. The van der Waals surface area contributed by atoms with Crippen LogP contribution in [0.2, 0.25) is 0 Å². The quantitative estimate of drug-likeness (QED) is 0.758. The highest BCUT2D eigenvalue weighted by molar-refractivity contribution is 5.79. The fourth-order valence-corrected chi connectivity index (χ4v) is 1.40. The summed E-state index contributed by atoms with van der Waals surface area (Å²) in [6.07, 6.45) is 2.46. The molecule has 0 aliphatic rings. The van der Waals surface area contributed by atoms with Crippen LogP contribution in [0, 0.1) is 6.92 Å². The second-order valence-electron chi connectivity index (χ2n) is 3.47. The lowest BCUT2D eigenvalue weighted by Crippen LogP contribution is -2.09. The van der Waals surface area contributed by atoms with Crippen molar-refractivity contribution >= 4 is 5.97 Å². The average Bonchev–Trinajstić information content (AvgIpc) is 2.25. The number of aryl methyl sites for hydroxylation is 1. The fourth-order valence-electron chi connectivity index (χ4n) is 1.40. The summed E-state index contributed by atoms with van der Waals surface area (Å²) in [6.45, 7) is 1.94. The second-order valence-corrected chi connectivity index (χ2v) is 3.47. The van der Waals surface area contributed by atoms with E-state index in [4.69, 9.17) is 15.6 Å². The number of benzene rings is 1. The van der Waals surface area contributed by atoms with E-state index in [1.54, 1.807) is 7.11 Å². The Labute approximate surface area is 94.3 Å². The van der Waals surface area contributed by atoms with Gasteiger partial charge in [-0.2, -0.15) is 0 Å². The summed E-state index contributed by atoms with van der Waals surface area (Å²) in [5.74, 6) is -0.352. The molecule has 1 aromatic carbocycles. The zero-order chi connectivity index (χ0) is 12.1. The van der Waals surface area contributed by atoms with Crippen molar-refractivity contribution in [3.63, 3.8) is 0 Å². The zero-order valence-electron chi connectivity index (χ0n) is 9.31. The van der Waals surface area contributed by atoms with Crippen molar-refractivity contribution in [1.29, 1.82) is 0 Å². The molecule has 16 heavy (non-hydrogen) atoms. The topological polar surface area (TPSA) is 72.5 Å². The lowest BCUT2D eigenvalue weighted by Gasteiger charge is -2.13. The van der Waals surface area contributed by atoms with E-state index in [2.05, 4.69) is 0 Å². The van der Waals surface area contributed by atoms with Crippen molar-refractivity contribution in [1.82, 2.24) is 0 Å². The minimum Gasteiger partial charge on any atom is -0.496 e. The molecule has 0 bridgehead atoms. The Morgan fingerprint density at radius 2 is 2.25 bits per heavy atom. The van der Waals surface area contributed by atoms with Crippen LogP contribution in [-0.2, 0) is 4.79 Å². The van der Waals surface area contributed by atoms with Gasteiger partial charge in [-0.1, -0.05) is 23.8 Å². The third-order valence-corrected chi connectivity index (χ3v) is 2.19. The van der Waals surface area contributed by atoms with E-state index < -0.39 is 12.0 Å². The van der Waals surface area contributed by atoms with Crippen LogP contribution in [0.15, 0.2) is 30.4 Å². The molecule has 3 N–H and O–H groups in total. The van der Waals surface area contributed by atoms with E-state index in [0.717, 1.165) is 17.2 Å². The predicted octanol–water partition coefficient (Wildman–Crippen LogP) is 1.64.